The first kappa shape index (κ1) is 13.8. The van der Waals surface area contributed by atoms with Crippen molar-refractivity contribution in [2.75, 3.05) is 27.8 Å². The molecule has 1 aromatic carbocycles. The maximum absolute atomic E-state index is 5.47. The maximum Gasteiger partial charge on any atom is 0.122 e. The van der Waals surface area contributed by atoms with E-state index in [9.17, 15) is 0 Å². The van der Waals surface area contributed by atoms with Crippen molar-refractivity contribution in [3.8, 4) is 11.5 Å². The number of hydrogen-bond acceptors (Lipinski definition) is 3. The van der Waals surface area contributed by atoms with Gasteiger partial charge in [0.2, 0.25) is 0 Å². The molecule has 0 aliphatic heterocycles. The molecule has 0 saturated heterocycles. The molecule has 17 heavy (non-hydrogen) atoms. The molecule has 1 atom stereocenters. The minimum Gasteiger partial charge on any atom is -0.496 e. The molecule has 3 heteroatoms. The minimum absolute atomic E-state index is 0.398. The van der Waals surface area contributed by atoms with E-state index in [1.165, 1.54) is 11.1 Å². The first-order valence-corrected chi connectivity index (χ1v) is 6.07. The summed E-state index contributed by atoms with van der Waals surface area (Å²) in [7, 11) is 5.39. The summed E-state index contributed by atoms with van der Waals surface area (Å²) in [6.45, 7) is 5.22. The number of likely N-dealkylation sites (N-methyl/N-ethyl adjacent to an activating group) is 1. The third-order valence-corrected chi connectivity index (χ3v) is 3.05. The monoisotopic (exact) mass is 237 g/mol. The molecular formula is C14H23NO2. The van der Waals surface area contributed by atoms with E-state index in [0.29, 0.717) is 5.92 Å². The van der Waals surface area contributed by atoms with E-state index in [4.69, 9.17) is 9.47 Å². The van der Waals surface area contributed by atoms with Gasteiger partial charge in [0.1, 0.15) is 11.5 Å². The Kier molecular flexibility index (Phi) is 5.29. The first-order valence-electron chi connectivity index (χ1n) is 6.07. The summed E-state index contributed by atoms with van der Waals surface area (Å²) in [6, 6.07) is 4.18. The Morgan fingerprint density at radius 1 is 1.18 bits per heavy atom. The molecule has 0 saturated carbocycles. The van der Waals surface area contributed by atoms with Crippen molar-refractivity contribution in [3.63, 3.8) is 0 Å². The van der Waals surface area contributed by atoms with Crippen LogP contribution in [-0.4, -0.2) is 27.8 Å². The highest BCUT2D eigenvalue weighted by atomic mass is 16.5. The van der Waals surface area contributed by atoms with Crippen LogP contribution < -0.4 is 14.8 Å². The van der Waals surface area contributed by atoms with E-state index in [-0.39, 0.29) is 0 Å². The van der Waals surface area contributed by atoms with Crippen molar-refractivity contribution in [2.24, 2.45) is 0 Å². The summed E-state index contributed by atoms with van der Waals surface area (Å²) in [4.78, 5) is 0. The molecule has 1 rings (SSSR count). The smallest absolute Gasteiger partial charge is 0.122 e. The van der Waals surface area contributed by atoms with E-state index in [1.54, 1.807) is 14.2 Å². The van der Waals surface area contributed by atoms with E-state index in [2.05, 4.69) is 31.3 Å². The fraction of sp³-hybridized carbons (Fsp3) is 0.571. The molecule has 0 fully saturated rings. The highest BCUT2D eigenvalue weighted by molar-refractivity contribution is 5.48. The molecule has 0 aliphatic rings. The Hall–Kier alpha value is -1.22. The van der Waals surface area contributed by atoms with Crippen LogP contribution in [0.3, 0.4) is 0 Å². The van der Waals surface area contributed by atoms with Gasteiger partial charge in [0.05, 0.1) is 14.2 Å². The average molecular weight is 237 g/mol. The minimum atomic E-state index is 0.398. The summed E-state index contributed by atoms with van der Waals surface area (Å²) < 4.78 is 10.9. The van der Waals surface area contributed by atoms with Crippen LogP contribution in [-0.2, 0) is 6.42 Å². The third-order valence-electron chi connectivity index (χ3n) is 3.05. The second-order valence-electron chi connectivity index (χ2n) is 4.22. The lowest BCUT2D eigenvalue weighted by Crippen LogP contribution is -2.15. The average Bonchev–Trinajstić information content (AvgIpc) is 2.37. The predicted molar refractivity (Wildman–Crippen MR) is 71.3 cm³/mol. The molecule has 0 aliphatic carbocycles. The van der Waals surface area contributed by atoms with Crippen LogP contribution in [0.25, 0.3) is 0 Å². The van der Waals surface area contributed by atoms with Crippen LogP contribution in [0.15, 0.2) is 12.1 Å². The van der Waals surface area contributed by atoms with Crippen LogP contribution >= 0.6 is 0 Å². The van der Waals surface area contributed by atoms with Gasteiger partial charge in [-0.1, -0.05) is 13.8 Å². The molecule has 0 heterocycles. The zero-order valence-corrected chi connectivity index (χ0v) is 11.5. The Labute approximate surface area is 104 Å². The molecular weight excluding hydrogens is 214 g/mol. The van der Waals surface area contributed by atoms with Crippen molar-refractivity contribution in [3.05, 3.63) is 23.3 Å². The quantitative estimate of drug-likeness (QED) is 0.825. The number of nitrogens with one attached hydrogen (secondary N) is 1. The standard InChI is InChI=1S/C14H23NO2/c1-6-11-7-14(17-5)12(8-13(11)16-4)10(2)9-15-3/h7-8,10,15H,6,9H2,1-5H3. The molecule has 0 spiro atoms. The van der Waals surface area contributed by atoms with E-state index in [0.717, 1.165) is 24.5 Å². The molecule has 3 nitrogen and oxygen atoms in total. The molecule has 0 amide bonds. The lowest BCUT2D eigenvalue weighted by atomic mass is 9.97. The highest BCUT2D eigenvalue weighted by Gasteiger charge is 2.14. The van der Waals surface area contributed by atoms with Crippen molar-refractivity contribution < 1.29 is 9.47 Å². The van der Waals surface area contributed by atoms with Gasteiger partial charge in [0, 0.05) is 12.1 Å². The number of aryl methyl sites for hydroxylation is 1. The van der Waals surface area contributed by atoms with Gasteiger partial charge in [0.15, 0.2) is 0 Å². The van der Waals surface area contributed by atoms with Crippen molar-refractivity contribution in [2.45, 2.75) is 26.2 Å². The fourth-order valence-electron chi connectivity index (χ4n) is 2.06. The van der Waals surface area contributed by atoms with Gasteiger partial charge in [-0.15, -0.1) is 0 Å². The summed E-state index contributed by atoms with van der Waals surface area (Å²) in [5.41, 5.74) is 2.38. The molecule has 1 unspecified atom stereocenters. The van der Waals surface area contributed by atoms with Crippen LogP contribution in [0.4, 0.5) is 0 Å². The van der Waals surface area contributed by atoms with Crippen molar-refractivity contribution in [1.29, 1.82) is 0 Å². The molecule has 1 aromatic rings. The van der Waals surface area contributed by atoms with Crippen molar-refractivity contribution in [1.82, 2.24) is 5.32 Å². The van der Waals surface area contributed by atoms with Gasteiger partial charge in [0.25, 0.3) is 0 Å². The lowest BCUT2D eigenvalue weighted by molar-refractivity contribution is 0.392. The molecule has 96 valence electrons. The Morgan fingerprint density at radius 2 is 1.82 bits per heavy atom. The van der Waals surface area contributed by atoms with Crippen LogP contribution in [0.2, 0.25) is 0 Å². The zero-order chi connectivity index (χ0) is 12.8. The van der Waals surface area contributed by atoms with Crippen LogP contribution in [0.1, 0.15) is 30.9 Å². The predicted octanol–water partition coefficient (Wildman–Crippen LogP) is 2.59. The SMILES string of the molecule is CCc1cc(OC)c(C(C)CNC)cc1OC. The van der Waals surface area contributed by atoms with Gasteiger partial charge >= 0.3 is 0 Å². The normalized spacial score (nSPS) is 12.3. The largest absolute Gasteiger partial charge is 0.496 e. The zero-order valence-electron chi connectivity index (χ0n) is 11.5. The van der Waals surface area contributed by atoms with Gasteiger partial charge in [-0.3, -0.25) is 0 Å². The number of benzene rings is 1. The van der Waals surface area contributed by atoms with Gasteiger partial charge in [-0.05, 0) is 37.1 Å². The number of ether oxygens (including phenoxy) is 2. The topological polar surface area (TPSA) is 30.5 Å². The van der Waals surface area contributed by atoms with Gasteiger partial charge in [-0.2, -0.15) is 0 Å². The molecule has 0 radical (unpaired) electrons. The van der Waals surface area contributed by atoms with Crippen LogP contribution in [0, 0.1) is 0 Å². The summed E-state index contributed by atoms with van der Waals surface area (Å²) in [5, 5.41) is 3.19. The van der Waals surface area contributed by atoms with E-state index >= 15 is 0 Å². The first-order chi connectivity index (χ1) is 8.17. The highest BCUT2D eigenvalue weighted by Crippen LogP contribution is 2.33. The number of hydrogen-bond donors (Lipinski definition) is 1. The fourth-order valence-corrected chi connectivity index (χ4v) is 2.06. The summed E-state index contributed by atoms with van der Waals surface area (Å²) in [6.07, 6.45) is 0.945. The molecule has 0 aromatic heterocycles. The molecule has 0 bridgehead atoms. The second-order valence-corrected chi connectivity index (χ2v) is 4.22. The Morgan fingerprint density at radius 3 is 2.29 bits per heavy atom. The number of rotatable bonds is 6. The summed E-state index contributed by atoms with van der Waals surface area (Å²) >= 11 is 0. The van der Waals surface area contributed by atoms with Gasteiger partial charge < -0.3 is 14.8 Å². The number of methoxy groups -OCH3 is 2. The lowest BCUT2D eigenvalue weighted by Gasteiger charge is -2.18. The van der Waals surface area contributed by atoms with Gasteiger partial charge in [-0.25, -0.2) is 0 Å². The summed E-state index contributed by atoms with van der Waals surface area (Å²) in [5.74, 6) is 2.30. The molecule has 1 N–H and O–H groups in total. The Bertz CT molecular complexity index is 363. The maximum atomic E-state index is 5.47. The second kappa shape index (κ2) is 6.50. The van der Waals surface area contributed by atoms with Crippen LogP contribution in [0.5, 0.6) is 11.5 Å². The Balaban J connectivity index is 3.18. The third kappa shape index (κ3) is 3.13. The van der Waals surface area contributed by atoms with E-state index in [1.807, 2.05) is 7.05 Å². The van der Waals surface area contributed by atoms with E-state index < -0.39 is 0 Å². The van der Waals surface area contributed by atoms with Crippen molar-refractivity contribution >= 4 is 0 Å².